The van der Waals surface area contributed by atoms with Crippen LogP contribution in [0, 0.1) is 10.1 Å². The van der Waals surface area contributed by atoms with Crippen LogP contribution < -0.4 is 5.32 Å². The van der Waals surface area contributed by atoms with E-state index in [4.69, 9.17) is 11.6 Å². The number of rotatable bonds is 6. The molecule has 0 aliphatic carbocycles. The highest BCUT2D eigenvalue weighted by atomic mass is 35.5. The summed E-state index contributed by atoms with van der Waals surface area (Å²) in [5, 5.41) is 13.2. The molecule has 120 valence electrons. The maximum atomic E-state index is 11.9. The molecule has 0 radical (unpaired) electrons. The molecule has 0 saturated heterocycles. The van der Waals surface area contributed by atoms with E-state index in [0.29, 0.717) is 0 Å². The summed E-state index contributed by atoms with van der Waals surface area (Å²) < 4.78 is 0. The lowest BCUT2D eigenvalue weighted by atomic mass is 10.3. The fourth-order valence-corrected chi connectivity index (χ4v) is 1.80. The number of nitrogens with zero attached hydrogens (tertiary/aromatic N) is 3. The van der Waals surface area contributed by atoms with Gasteiger partial charge in [0.15, 0.2) is 0 Å². The molecule has 0 aliphatic rings. The number of nitro benzene ring substituents is 1. The number of nitrogens with one attached hydrogen (secondary N) is 1. The van der Waals surface area contributed by atoms with Crippen LogP contribution in [0.3, 0.4) is 0 Å². The van der Waals surface area contributed by atoms with E-state index < -0.39 is 4.92 Å². The zero-order valence-corrected chi connectivity index (χ0v) is 13.3. The molecule has 1 rings (SSSR count). The van der Waals surface area contributed by atoms with Crippen molar-refractivity contribution in [3.05, 3.63) is 33.3 Å². The van der Waals surface area contributed by atoms with Crippen LogP contribution in [0.4, 0.5) is 11.4 Å². The van der Waals surface area contributed by atoms with Crippen molar-refractivity contribution in [2.24, 2.45) is 0 Å². The van der Waals surface area contributed by atoms with E-state index in [-0.39, 0.29) is 41.3 Å². The van der Waals surface area contributed by atoms with E-state index in [9.17, 15) is 19.7 Å². The molecule has 0 spiro atoms. The highest BCUT2D eigenvalue weighted by molar-refractivity contribution is 6.34. The Morgan fingerprint density at radius 2 is 1.91 bits per heavy atom. The summed E-state index contributed by atoms with van der Waals surface area (Å²) >= 11 is 5.89. The van der Waals surface area contributed by atoms with Crippen molar-refractivity contribution in [1.82, 2.24) is 9.80 Å². The van der Waals surface area contributed by atoms with Crippen molar-refractivity contribution in [1.29, 1.82) is 0 Å². The van der Waals surface area contributed by atoms with Gasteiger partial charge in [-0.1, -0.05) is 11.6 Å². The summed E-state index contributed by atoms with van der Waals surface area (Å²) in [6, 6.07) is 3.78. The summed E-state index contributed by atoms with van der Waals surface area (Å²) in [5.41, 5.74) is 0.126. The van der Waals surface area contributed by atoms with Crippen LogP contribution in [0.1, 0.15) is 0 Å². The topological polar surface area (TPSA) is 95.8 Å². The van der Waals surface area contributed by atoms with Crippen LogP contribution in [-0.4, -0.2) is 60.8 Å². The molecule has 0 unspecified atom stereocenters. The number of carbonyl (C=O) groups is 2. The van der Waals surface area contributed by atoms with Crippen molar-refractivity contribution in [2.45, 2.75) is 0 Å². The van der Waals surface area contributed by atoms with Crippen LogP contribution in [-0.2, 0) is 9.59 Å². The number of likely N-dealkylation sites (N-methyl/N-ethyl adjacent to an activating group) is 2. The third-order valence-electron chi connectivity index (χ3n) is 2.76. The Kier molecular flexibility index (Phi) is 6.26. The average molecular weight is 329 g/mol. The molecular formula is C13H17ClN4O4. The number of benzene rings is 1. The second kappa shape index (κ2) is 7.71. The van der Waals surface area contributed by atoms with Crippen LogP contribution in [0.2, 0.25) is 5.02 Å². The summed E-state index contributed by atoms with van der Waals surface area (Å²) in [5.74, 6) is -0.492. The number of anilines is 1. The van der Waals surface area contributed by atoms with Crippen molar-refractivity contribution in [2.75, 3.05) is 39.5 Å². The van der Waals surface area contributed by atoms with Crippen LogP contribution in [0.5, 0.6) is 0 Å². The van der Waals surface area contributed by atoms with Gasteiger partial charge in [0, 0.05) is 26.2 Å². The molecule has 22 heavy (non-hydrogen) atoms. The highest BCUT2D eigenvalue weighted by Gasteiger charge is 2.14. The quantitative estimate of drug-likeness (QED) is 0.625. The Balaban J connectivity index is 2.62. The molecule has 0 fully saturated rings. The van der Waals surface area contributed by atoms with Gasteiger partial charge in [0.1, 0.15) is 0 Å². The molecule has 1 aromatic rings. The third-order valence-corrected chi connectivity index (χ3v) is 3.07. The molecule has 8 nitrogen and oxygen atoms in total. The second-order valence-electron chi connectivity index (χ2n) is 4.93. The second-order valence-corrected chi connectivity index (χ2v) is 5.34. The molecule has 0 heterocycles. The van der Waals surface area contributed by atoms with Gasteiger partial charge in [-0.15, -0.1) is 0 Å². The normalized spacial score (nSPS) is 10.4. The van der Waals surface area contributed by atoms with E-state index in [1.54, 1.807) is 26.0 Å². The number of nitro groups is 1. The maximum Gasteiger partial charge on any atom is 0.271 e. The zero-order valence-electron chi connectivity index (χ0n) is 12.5. The SMILES string of the molecule is CN(CC(=O)Nc1ccc([N+](=O)[O-])cc1Cl)CC(=O)N(C)C. The average Bonchev–Trinajstić information content (AvgIpc) is 2.40. The number of carbonyl (C=O) groups excluding carboxylic acids is 2. The molecular weight excluding hydrogens is 312 g/mol. The number of hydrogen-bond acceptors (Lipinski definition) is 5. The van der Waals surface area contributed by atoms with Gasteiger partial charge in [-0.3, -0.25) is 24.6 Å². The van der Waals surface area contributed by atoms with E-state index in [0.717, 1.165) is 6.07 Å². The predicted molar refractivity (Wildman–Crippen MR) is 82.9 cm³/mol. The van der Waals surface area contributed by atoms with Gasteiger partial charge in [-0.2, -0.15) is 0 Å². The first-order valence-corrected chi connectivity index (χ1v) is 6.71. The largest absolute Gasteiger partial charge is 0.348 e. The first-order chi connectivity index (χ1) is 10.2. The molecule has 0 bridgehead atoms. The van der Waals surface area contributed by atoms with Gasteiger partial charge < -0.3 is 10.2 Å². The van der Waals surface area contributed by atoms with Gasteiger partial charge in [0.05, 0.1) is 28.7 Å². The lowest BCUT2D eigenvalue weighted by Crippen LogP contribution is -2.38. The van der Waals surface area contributed by atoms with Gasteiger partial charge in [0.2, 0.25) is 11.8 Å². The van der Waals surface area contributed by atoms with Gasteiger partial charge in [0.25, 0.3) is 5.69 Å². The third kappa shape index (κ3) is 5.30. The summed E-state index contributed by atoms with van der Waals surface area (Å²) in [7, 11) is 4.90. The highest BCUT2D eigenvalue weighted by Crippen LogP contribution is 2.26. The molecule has 9 heteroatoms. The van der Waals surface area contributed by atoms with Crippen molar-refractivity contribution in [3.63, 3.8) is 0 Å². The standard InChI is InChI=1S/C13H17ClN4O4/c1-16(2)13(20)8-17(3)7-12(19)15-11-5-4-9(18(21)22)6-10(11)14/h4-6H,7-8H2,1-3H3,(H,15,19). The lowest BCUT2D eigenvalue weighted by Gasteiger charge is -2.18. The van der Waals surface area contributed by atoms with Crippen molar-refractivity contribution in [3.8, 4) is 0 Å². The molecule has 0 aromatic heterocycles. The summed E-state index contributed by atoms with van der Waals surface area (Å²) in [4.78, 5) is 36.4. The zero-order chi connectivity index (χ0) is 16.9. The van der Waals surface area contributed by atoms with E-state index in [1.807, 2.05) is 0 Å². The van der Waals surface area contributed by atoms with Gasteiger partial charge in [-0.05, 0) is 13.1 Å². The molecule has 0 atom stereocenters. The first kappa shape index (κ1) is 17.9. The fourth-order valence-electron chi connectivity index (χ4n) is 1.58. The molecule has 2 amide bonds. The minimum atomic E-state index is -0.571. The summed E-state index contributed by atoms with van der Waals surface area (Å²) in [6.45, 7) is 0.0985. The van der Waals surface area contributed by atoms with Crippen LogP contribution in [0.25, 0.3) is 0 Å². The van der Waals surface area contributed by atoms with E-state index in [1.165, 1.54) is 17.0 Å². The molecule has 1 N–H and O–H groups in total. The van der Waals surface area contributed by atoms with E-state index >= 15 is 0 Å². The van der Waals surface area contributed by atoms with Crippen molar-refractivity contribution < 1.29 is 14.5 Å². The Hall–Kier alpha value is -2.19. The fraction of sp³-hybridized carbons (Fsp3) is 0.385. The van der Waals surface area contributed by atoms with Crippen LogP contribution in [0.15, 0.2) is 18.2 Å². The van der Waals surface area contributed by atoms with Crippen molar-refractivity contribution >= 4 is 34.8 Å². The predicted octanol–water partition coefficient (Wildman–Crippen LogP) is 1.21. The minimum absolute atomic E-state index is 0.00705. The Bertz CT molecular complexity index is 591. The van der Waals surface area contributed by atoms with Gasteiger partial charge in [-0.25, -0.2) is 0 Å². The molecule has 0 aliphatic heterocycles. The number of amides is 2. The van der Waals surface area contributed by atoms with Gasteiger partial charge >= 0.3 is 0 Å². The first-order valence-electron chi connectivity index (χ1n) is 6.33. The lowest BCUT2D eigenvalue weighted by molar-refractivity contribution is -0.384. The minimum Gasteiger partial charge on any atom is -0.348 e. The number of halogens is 1. The smallest absolute Gasteiger partial charge is 0.271 e. The monoisotopic (exact) mass is 328 g/mol. The Labute approximate surface area is 132 Å². The molecule has 1 aromatic carbocycles. The van der Waals surface area contributed by atoms with E-state index in [2.05, 4.69) is 5.32 Å². The Morgan fingerprint density at radius 1 is 1.27 bits per heavy atom. The Morgan fingerprint density at radius 3 is 2.41 bits per heavy atom. The van der Waals surface area contributed by atoms with Crippen LogP contribution >= 0.6 is 11.6 Å². The maximum absolute atomic E-state index is 11.9. The summed E-state index contributed by atoms with van der Waals surface area (Å²) in [6.07, 6.45) is 0. The molecule has 0 saturated carbocycles. The number of non-ortho nitro benzene ring substituents is 1. The number of hydrogen-bond donors (Lipinski definition) is 1.